The molecule has 20 heavy (non-hydrogen) atoms. The number of nitrogens with two attached hydrogens (primary N) is 1. The maximum Gasteiger partial charge on any atom is 0.389 e. The normalized spacial score (nSPS) is 11.6. The molecule has 1 heterocycles. The van der Waals surface area contributed by atoms with Crippen molar-refractivity contribution in [3.8, 4) is 0 Å². The van der Waals surface area contributed by atoms with Gasteiger partial charge in [0.15, 0.2) is 0 Å². The van der Waals surface area contributed by atoms with E-state index in [2.05, 4.69) is 10.3 Å². The van der Waals surface area contributed by atoms with Crippen LogP contribution in [0, 0.1) is 0 Å². The van der Waals surface area contributed by atoms with Gasteiger partial charge in [-0.2, -0.15) is 13.2 Å². The molecule has 0 fully saturated rings. The number of aromatic amines is 1. The molecule has 0 bridgehead atoms. The van der Waals surface area contributed by atoms with Crippen molar-refractivity contribution in [3.63, 3.8) is 0 Å². The van der Waals surface area contributed by atoms with Gasteiger partial charge in [-0.1, -0.05) is 0 Å². The molecule has 0 saturated carbocycles. The lowest BCUT2D eigenvalue weighted by atomic mass is 10.2. The van der Waals surface area contributed by atoms with Gasteiger partial charge in [0.1, 0.15) is 11.5 Å². The van der Waals surface area contributed by atoms with Crippen LogP contribution in [0.2, 0.25) is 0 Å². The van der Waals surface area contributed by atoms with Crippen molar-refractivity contribution >= 4 is 11.5 Å². The molecule has 0 aliphatic heterocycles. The first-order valence-corrected chi connectivity index (χ1v) is 6.19. The van der Waals surface area contributed by atoms with Crippen LogP contribution in [0.4, 0.5) is 24.7 Å². The van der Waals surface area contributed by atoms with Gasteiger partial charge in [0.25, 0.3) is 5.56 Å². The Kier molecular flexibility index (Phi) is 5.23. The highest BCUT2D eigenvalue weighted by Crippen LogP contribution is 2.22. The summed E-state index contributed by atoms with van der Waals surface area (Å²) >= 11 is 0. The van der Waals surface area contributed by atoms with Gasteiger partial charge in [-0.3, -0.25) is 14.3 Å². The highest BCUT2D eigenvalue weighted by Gasteiger charge is 2.25. The summed E-state index contributed by atoms with van der Waals surface area (Å²) in [6.07, 6.45) is -4.84. The van der Waals surface area contributed by atoms with Crippen LogP contribution in [0.1, 0.15) is 26.2 Å². The quantitative estimate of drug-likeness (QED) is 0.689. The lowest BCUT2D eigenvalue weighted by Gasteiger charge is -2.12. The summed E-state index contributed by atoms with van der Waals surface area (Å²) in [7, 11) is 0. The van der Waals surface area contributed by atoms with E-state index in [1.165, 1.54) is 4.57 Å². The second-order valence-corrected chi connectivity index (χ2v) is 4.26. The summed E-state index contributed by atoms with van der Waals surface area (Å²) in [6.45, 7) is 2.14. The van der Waals surface area contributed by atoms with E-state index in [4.69, 9.17) is 5.73 Å². The largest absolute Gasteiger partial charge is 0.389 e. The van der Waals surface area contributed by atoms with Crippen LogP contribution in [0.25, 0.3) is 0 Å². The Morgan fingerprint density at radius 1 is 1.30 bits per heavy atom. The maximum absolute atomic E-state index is 11.9. The number of nitrogens with zero attached hydrogens (tertiary/aromatic N) is 1. The Bertz CT molecular complexity index is 562. The maximum atomic E-state index is 11.9. The molecular formula is C11H17F3N4O2. The average molecular weight is 294 g/mol. The zero-order valence-corrected chi connectivity index (χ0v) is 11.0. The van der Waals surface area contributed by atoms with Gasteiger partial charge in [0, 0.05) is 19.5 Å². The molecule has 1 rings (SSSR count). The molecule has 0 aliphatic rings. The standard InChI is InChI=1S/C11H17F3N4O2/c1-2-18-8(15)7(9(19)17-10(18)20)16-6-4-3-5-11(12,13)14/h16H,2-6,15H2,1H3,(H,17,19,20). The van der Waals surface area contributed by atoms with Crippen LogP contribution in [-0.4, -0.2) is 22.3 Å². The number of rotatable bonds is 6. The molecule has 9 heteroatoms. The molecule has 6 nitrogen and oxygen atoms in total. The summed E-state index contributed by atoms with van der Waals surface area (Å²) < 4.78 is 37.0. The van der Waals surface area contributed by atoms with Gasteiger partial charge in [-0.15, -0.1) is 0 Å². The SMILES string of the molecule is CCn1c(N)c(NCCCCC(F)(F)F)c(=O)[nH]c1=O. The molecule has 0 aromatic carbocycles. The van der Waals surface area contributed by atoms with Crippen LogP contribution in [0.5, 0.6) is 0 Å². The first-order chi connectivity index (χ1) is 9.26. The van der Waals surface area contributed by atoms with Crippen molar-refractivity contribution < 1.29 is 13.2 Å². The van der Waals surface area contributed by atoms with Crippen LogP contribution in [0.15, 0.2) is 9.59 Å². The average Bonchev–Trinajstić information content (AvgIpc) is 2.31. The summed E-state index contributed by atoms with van der Waals surface area (Å²) in [5.41, 5.74) is 4.41. The highest BCUT2D eigenvalue weighted by atomic mass is 19.4. The van der Waals surface area contributed by atoms with E-state index in [0.717, 1.165) is 0 Å². The van der Waals surface area contributed by atoms with Gasteiger partial charge in [0.2, 0.25) is 0 Å². The van der Waals surface area contributed by atoms with Gasteiger partial charge >= 0.3 is 11.9 Å². The molecule has 0 saturated heterocycles. The molecule has 1 aromatic heterocycles. The summed E-state index contributed by atoms with van der Waals surface area (Å²) in [4.78, 5) is 25.1. The minimum absolute atomic E-state index is 0.0125. The Morgan fingerprint density at radius 3 is 2.50 bits per heavy atom. The van der Waals surface area contributed by atoms with Crippen LogP contribution < -0.4 is 22.3 Å². The fraction of sp³-hybridized carbons (Fsp3) is 0.636. The van der Waals surface area contributed by atoms with E-state index in [-0.39, 0.29) is 37.4 Å². The zero-order valence-electron chi connectivity index (χ0n) is 11.0. The number of nitrogen functional groups attached to an aromatic ring is 1. The van der Waals surface area contributed by atoms with Crippen molar-refractivity contribution in [2.24, 2.45) is 0 Å². The molecule has 0 radical (unpaired) electrons. The third-order valence-electron chi connectivity index (χ3n) is 2.74. The van der Waals surface area contributed by atoms with E-state index >= 15 is 0 Å². The molecule has 0 unspecified atom stereocenters. The predicted octanol–water partition coefficient (Wildman–Crippen LogP) is 1.28. The first kappa shape index (κ1) is 16.1. The smallest absolute Gasteiger partial charge is 0.383 e. The molecule has 1 aromatic rings. The molecule has 0 spiro atoms. The van der Waals surface area contributed by atoms with E-state index in [9.17, 15) is 22.8 Å². The van der Waals surface area contributed by atoms with E-state index in [1.807, 2.05) is 0 Å². The number of alkyl halides is 3. The summed E-state index contributed by atoms with van der Waals surface area (Å²) in [6, 6.07) is 0. The third-order valence-corrected chi connectivity index (χ3v) is 2.74. The van der Waals surface area contributed by atoms with Crippen molar-refractivity contribution in [3.05, 3.63) is 20.8 Å². The van der Waals surface area contributed by atoms with Crippen LogP contribution in [0.3, 0.4) is 0 Å². The van der Waals surface area contributed by atoms with Crippen LogP contribution in [-0.2, 0) is 6.54 Å². The summed E-state index contributed by atoms with van der Waals surface area (Å²) in [5.74, 6) is -0.0166. The molecule has 0 amide bonds. The number of hydrogen-bond acceptors (Lipinski definition) is 4. The number of hydrogen-bond donors (Lipinski definition) is 3. The lowest BCUT2D eigenvalue weighted by molar-refractivity contribution is -0.135. The van der Waals surface area contributed by atoms with E-state index in [0.29, 0.717) is 0 Å². The summed E-state index contributed by atoms with van der Waals surface area (Å²) in [5, 5.41) is 2.67. The third kappa shape index (κ3) is 4.32. The zero-order chi connectivity index (χ0) is 15.3. The van der Waals surface area contributed by atoms with Crippen molar-refractivity contribution in [2.75, 3.05) is 17.6 Å². The second kappa shape index (κ2) is 6.49. The van der Waals surface area contributed by atoms with Gasteiger partial charge in [-0.05, 0) is 19.8 Å². The molecule has 0 atom stereocenters. The Hall–Kier alpha value is -1.93. The van der Waals surface area contributed by atoms with Gasteiger partial charge < -0.3 is 11.1 Å². The highest BCUT2D eigenvalue weighted by molar-refractivity contribution is 5.60. The number of aromatic nitrogens is 2. The Morgan fingerprint density at radius 2 is 1.95 bits per heavy atom. The second-order valence-electron chi connectivity index (χ2n) is 4.26. The predicted molar refractivity (Wildman–Crippen MR) is 69.8 cm³/mol. The lowest BCUT2D eigenvalue weighted by Crippen LogP contribution is -2.33. The number of nitrogens with one attached hydrogen (secondary N) is 2. The molecule has 114 valence electrons. The number of unbranched alkanes of at least 4 members (excludes halogenated alkanes) is 1. The van der Waals surface area contributed by atoms with Crippen molar-refractivity contribution in [1.82, 2.24) is 9.55 Å². The minimum atomic E-state index is -4.17. The number of halogens is 3. The Labute approximate surface area is 112 Å². The number of H-pyrrole nitrogens is 1. The fourth-order valence-corrected chi connectivity index (χ4v) is 1.74. The van der Waals surface area contributed by atoms with Crippen molar-refractivity contribution in [2.45, 2.75) is 38.9 Å². The van der Waals surface area contributed by atoms with Gasteiger partial charge in [0.05, 0.1) is 0 Å². The van der Waals surface area contributed by atoms with Gasteiger partial charge in [-0.25, -0.2) is 4.79 Å². The van der Waals surface area contributed by atoms with E-state index in [1.54, 1.807) is 6.92 Å². The molecule has 0 aliphatic carbocycles. The molecule has 4 N–H and O–H groups in total. The van der Waals surface area contributed by atoms with E-state index < -0.39 is 23.8 Å². The van der Waals surface area contributed by atoms with Crippen LogP contribution >= 0.6 is 0 Å². The molecular weight excluding hydrogens is 277 g/mol. The monoisotopic (exact) mass is 294 g/mol. The minimum Gasteiger partial charge on any atom is -0.383 e. The fourth-order valence-electron chi connectivity index (χ4n) is 1.74. The van der Waals surface area contributed by atoms with Crippen molar-refractivity contribution in [1.29, 1.82) is 0 Å². The Balaban J connectivity index is 2.65. The number of anilines is 2. The first-order valence-electron chi connectivity index (χ1n) is 6.19. The topological polar surface area (TPSA) is 92.9 Å².